The van der Waals surface area contributed by atoms with Crippen LogP contribution in [-0.4, -0.2) is 13.5 Å². The first kappa shape index (κ1) is 21.4. The van der Waals surface area contributed by atoms with Crippen molar-refractivity contribution in [3.8, 4) is 0 Å². The third kappa shape index (κ3) is 6.33. The summed E-state index contributed by atoms with van der Waals surface area (Å²) in [6.07, 6.45) is 0. The van der Waals surface area contributed by atoms with Crippen molar-refractivity contribution in [2.75, 3.05) is 10.0 Å². The quantitative estimate of drug-likeness (QED) is 0.431. The van der Waals surface area contributed by atoms with Crippen LogP contribution in [0.1, 0.15) is 5.56 Å². The van der Waals surface area contributed by atoms with Gasteiger partial charge in [-0.1, -0.05) is 53.5 Å². The van der Waals surface area contributed by atoms with Gasteiger partial charge in [0.1, 0.15) is 0 Å². The minimum atomic E-state index is -3.78. The highest BCUT2D eigenvalue weighted by molar-refractivity contribution is 7.92. The molecule has 0 heterocycles. The standard InChI is InChI=1S/C20H17Cl2N3O2S2/c21-15-10-16(22)12-18(11-15)25-29(26,27)19-8-6-17(7-9-19)24-20(28)23-13-14-4-2-1-3-5-14/h1-12,25H,13H2,(H2,23,24,28). The lowest BCUT2D eigenvalue weighted by molar-refractivity contribution is 0.601. The average molecular weight is 466 g/mol. The first-order chi connectivity index (χ1) is 13.8. The van der Waals surface area contributed by atoms with E-state index >= 15 is 0 Å². The van der Waals surface area contributed by atoms with Crippen molar-refractivity contribution in [1.82, 2.24) is 5.32 Å². The number of hydrogen-bond acceptors (Lipinski definition) is 3. The molecule has 29 heavy (non-hydrogen) atoms. The van der Waals surface area contributed by atoms with Crippen LogP contribution >= 0.6 is 35.4 Å². The highest BCUT2D eigenvalue weighted by Gasteiger charge is 2.15. The summed E-state index contributed by atoms with van der Waals surface area (Å²) in [7, 11) is -3.78. The van der Waals surface area contributed by atoms with Crippen molar-refractivity contribution in [3.05, 3.63) is 88.4 Å². The zero-order valence-corrected chi connectivity index (χ0v) is 18.2. The van der Waals surface area contributed by atoms with Crippen LogP contribution in [0.4, 0.5) is 11.4 Å². The van der Waals surface area contributed by atoms with Crippen molar-refractivity contribution in [3.63, 3.8) is 0 Å². The Morgan fingerprint density at radius 2 is 1.48 bits per heavy atom. The first-order valence-corrected chi connectivity index (χ1v) is 11.1. The van der Waals surface area contributed by atoms with Crippen molar-refractivity contribution < 1.29 is 8.42 Å². The predicted molar refractivity (Wildman–Crippen MR) is 123 cm³/mol. The van der Waals surface area contributed by atoms with Gasteiger partial charge in [-0.05, 0) is 60.2 Å². The molecule has 0 amide bonds. The second kappa shape index (κ2) is 9.45. The summed E-state index contributed by atoms with van der Waals surface area (Å²) < 4.78 is 27.6. The minimum Gasteiger partial charge on any atom is -0.358 e. The van der Waals surface area contributed by atoms with Crippen LogP contribution in [0.5, 0.6) is 0 Å². The van der Waals surface area contributed by atoms with E-state index in [1.54, 1.807) is 12.1 Å². The Morgan fingerprint density at radius 1 is 0.862 bits per heavy atom. The van der Waals surface area contributed by atoms with Crippen LogP contribution in [0.3, 0.4) is 0 Å². The Bertz CT molecular complexity index is 1090. The van der Waals surface area contributed by atoms with Crippen LogP contribution in [-0.2, 0) is 16.6 Å². The molecule has 0 aliphatic carbocycles. The lowest BCUT2D eigenvalue weighted by atomic mass is 10.2. The Hall–Kier alpha value is -2.32. The van der Waals surface area contributed by atoms with E-state index in [2.05, 4.69) is 15.4 Å². The highest BCUT2D eigenvalue weighted by Crippen LogP contribution is 2.25. The summed E-state index contributed by atoms with van der Waals surface area (Å²) in [5.74, 6) is 0. The zero-order valence-electron chi connectivity index (χ0n) is 15.0. The van der Waals surface area contributed by atoms with Gasteiger partial charge in [-0.25, -0.2) is 8.42 Å². The van der Waals surface area contributed by atoms with E-state index in [-0.39, 0.29) is 10.6 Å². The molecule has 0 aliphatic heterocycles. The number of nitrogens with one attached hydrogen (secondary N) is 3. The maximum atomic E-state index is 12.6. The number of halogens is 2. The summed E-state index contributed by atoms with van der Waals surface area (Å²) in [6.45, 7) is 0.589. The van der Waals surface area contributed by atoms with Crippen LogP contribution in [0.25, 0.3) is 0 Å². The second-order valence-corrected chi connectivity index (χ2v) is 9.04. The number of hydrogen-bond donors (Lipinski definition) is 3. The van der Waals surface area contributed by atoms with Gasteiger partial charge in [0.2, 0.25) is 0 Å². The molecule has 3 aromatic rings. The summed E-state index contributed by atoms with van der Waals surface area (Å²) >= 11 is 17.1. The summed E-state index contributed by atoms with van der Waals surface area (Å²) in [4.78, 5) is 0.0994. The molecule has 0 aromatic heterocycles. The fraction of sp³-hybridized carbons (Fsp3) is 0.0500. The molecule has 5 nitrogen and oxygen atoms in total. The van der Waals surface area contributed by atoms with Gasteiger partial charge < -0.3 is 10.6 Å². The van der Waals surface area contributed by atoms with Crippen molar-refractivity contribution in [2.24, 2.45) is 0 Å². The smallest absolute Gasteiger partial charge is 0.261 e. The fourth-order valence-electron chi connectivity index (χ4n) is 2.50. The van der Waals surface area contributed by atoms with E-state index < -0.39 is 10.0 Å². The number of anilines is 2. The van der Waals surface area contributed by atoms with Gasteiger partial charge in [0.25, 0.3) is 10.0 Å². The third-order valence-corrected chi connectivity index (χ3v) is 5.91. The largest absolute Gasteiger partial charge is 0.358 e. The van der Waals surface area contributed by atoms with Gasteiger partial charge in [0.15, 0.2) is 5.11 Å². The molecule has 0 saturated heterocycles. The molecule has 0 unspecified atom stereocenters. The topological polar surface area (TPSA) is 70.2 Å². The Balaban J connectivity index is 1.62. The van der Waals surface area contributed by atoms with Crippen LogP contribution < -0.4 is 15.4 Å². The molecule has 0 atom stereocenters. The summed E-state index contributed by atoms with van der Waals surface area (Å²) in [5, 5.41) is 7.25. The molecule has 3 N–H and O–H groups in total. The van der Waals surface area contributed by atoms with Crippen molar-refractivity contribution in [2.45, 2.75) is 11.4 Å². The van der Waals surface area contributed by atoms with Gasteiger partial charge >= 0.3 is 0 Å². The van der Waals surface area contributed by atoms with Gasteiger partial charge in [-0.3, -0.25) is 4.72 Å². The molecule has 0 spiro atoms. The molecule has 150 valence electrons. The van der Waals surface area contributed by atoms with E-state index in [9.17, 15) is 8.42 Å². The molecule has 0 fully saturated rings. The third-order valence-electron chi connectivity index (χ3n) is 3.83. The van der Waals surface area contributed by atoms with Crippen molar-refractivity contribution >= 4 is 61.9 Å². The Labute approximate surface area is 185 Å². The average Bonchev–Trinajstić information content (AvgIpc) is 2.66. The Morgan fingerprint density at radius 3 is 2.10 bits per heavy atom. The summed E-state index contributed by atoms with van der Waals surface area (Å²) in [5.41, 5.74) is 2.06. The molecule has 0 bridgehead atoms. The molecule has 0 aliphatic rings. The molecule has 3 rings (SSSR count). The zero-order chi connectivity index (χ0) is 20.9. The monoisotopic (exact) mass is 465 g/mol. The predicted octanol–water partition coefficient (Wildman–Crippen LogP) is 5.28. The molecule has 0 saturated carbocycles. The maximum Gasteiger partial charge on any atom is 0.261 e. The lowest BCUT2D eigenvalue weighted by Crippen LogP contribution is -2.27. The fourth-order valence-corrected chi connectivity index (χ4v) is 4.25. The number of rotatable bonds is 6. The van der Waals surface area contributed by atoms with Crippen molar-refractivity contribution in [1.29, 1.82) is 0 Å². The number of thiocarbonyl (C=S) groups is 1. The SMILES string of the molecule is O=S(=O)(Nc1cc(Cl)cc(Cl)c1)c1ccc(NC(=S)NCc2ccccc2)cc1. The van der Waals surface area contributed by atoms with E-state index in [0.29, 0.717) is 27.4 Å². The normalized spacial score (nSPS) is 11.0. The first-order valence-electron chi connectivity index (χ1n) is 8.49. The van der Waals surface area contributed by atoms with Gasteiger partial charge in [-0.2, -0.15) is 0 Å². The number of sulfonamides is 1. The molecule has 3 aromatic carbocycles. The number of benzene rings is 3. The Kier molecular flexibility index (Phi) is 6.97. The maximum absolute atomic E-state index is 12.6. The molecule has 9 heteroatoms. The van der Waals surface area contributed by atoms with Crippen LogP contribution in [0.15, 0.2) is 77.7 Å². The van der Waals surface area contributed by atoms with Gasteiger partial charge in [-0.15, -0.1) is 0 Å². The lowest BCUT2D eigenvalue weighted by Gasteiger charge is -2.12. The molecule has 0 radical (unpaired) electrons. The molecular formula is C20H17Cl2N3O2S2. The second-order valence-electron chi connectivity index (χ2n) is 6.08. The van der Waals surface area contributed by atoms with E-state index in [1.165, 1.54) is 30.3 Å². The van der Waals surface area contributed by atoms with Crippen LogP contribution in [0.2, 0.25) is 10.0 Å². The summed E-state index contributed by atoms with van der Waals surface area (Å²) in [6, 6.07) is 20.6. The van der Waals surface area contributed by atoms with Gasteiger partial charge in [0, 0.05) is 22.3 Å². The highest BCUT2D eigenvalue weighted by atomic mass is 35.5. The molecular weight excluding hydrogens is 449 g/mol. The van der Waals surface area contributed by atoms with E-state index in [4.69, 9.17) is 35.4 Å². The van der Waals surface area contributed by atoms with Gasteiger partial charge in [0.05, 0.1) is 10.6 Å². The van der Waals surface area contributed by atoms with E-state index in [0.717, 1.165) is 5.56 Å². The minimum absolute atomic E-state index is 0.0994. The van der Waals surface area contributed by atoms with E-state index in [1.807, 2.05) is 30.3 Å². The van der Waals surface area contributed by atoms with Crippen LogP contribution in [0, 0.1) is 0 Å².